The Morgan fingerprint density at radius 3 is 2.31 bits per heavy atom. The highest BCUT2D eigenvalue weighted by Crippen LogP contribution is 2.52. The molecule has 1 N–H and O–H groups in total. The van der Waals surface area contributed by atoms with E-state index in [2.05, 4.69) is 0 Å². The number of aliphatic hydroxyl groups is 1. The zero-order chi connectivity index (χ0) is 10.1. The topological polar surface area (TPSA) is 20.2 Å². The number of alkyl halides is 2. The first-order valence-corrected chi connectivity index (χ1v) is 5.08. The Morgan fingerprint density at radius 2 is 2.00 bits per heavy atom. The third-order valence-electron chi connectivity index (χ3n) is 2.95. The average Bonchev–Trinajstić information content (AvgIpc) is 2.70. The summed E-state index contributed by atoms with van der Waals surface area (Å²) in [5.41, 5.74) is 0. The van der Waals surface area contributed by atoms with Crippen molar-refractivity contribution in [2.45, 2.75) is 51.6 Å². The lowest BCUT2D eigenvalue weighted by atomic mass is 9.91. The minimum Gasteiger partial charge on any atom is -0.392 e. The minimum atomic E-state index is -2.58. The summed E-state index contributed by atoms with van der Waals surface area (Å²) in [5.74, 6) is -3.28. The highest BCUT2D eigenvalue weighted by Gasteiger charge is 2.61. The first-order valence-electron chi connectivity index (χ1n) is 5.08. The van der Waals surface area contributed by atoms with E-state index in [0.717, 1.165) is 19.3 Å². The summed E-state index contributed by atoms with van der Waals surface area (Å²) in [5, 5.41) is 9.64. The molecular weight excluding hydrogens is 174 g/mol. The van der Waals surface area contributed by atoms with Crippen LogP contribution >= 0.6 is 0 Å². The van der Waals surface area contributed by atoms with E-state index >= 15 is 0 Å². The van der Waals surface area contributed by atoms with Gasteiger partial charge in [0, 0.05) is 6.42 Å². The van der Waals surface area contributed by atoms with E-state index in [1.54, 1.807) is 0 Å². The van der Waals surface area contributed by atoms with Crippen LogP contribution in [0.3, 0.4) is 0 Å². The molecule has 0 aromatic heterocycles. The monoisotopic (exact) mass is 192 g/mol. The van der Waals surface area contributed by atoms with Crippen LogP contribution in [0.4, 0.5) is 8.78 Å². The second kappa shape index (κ2) is 3.91. The summed E-state index contributed by atoms with van der Waals surface area (Å²) in [6.07, 6.45) is 1.69. The fourth-order valence-electron chi connectivity index (χ4n) is 1.92. The van der Waals surface area contributed by atoms with Crippen LogP contribution < -0.4 is 0 Å². The van der Waals surface area contributed by atoms with Crippen LogP contribution in [0.2, 0.25) is 0 Å². The van der Waals surface area contributed by atoms with E-state index in [9.17, 15) is 13.9 Å². The van der Waals surface area contributed by atoms with E-state index in [4.69, 9.17) is 0 Å². The van der Waals surface area contributed by atoms with Crippen molar-refractivity contribution < 1.29 is 13.9 Å². The minimum absolute atomic E-state index is 0.0587. The maximum atomic E-state index is 12.6. The number of rotatable bonds is 5. The Balaban J connectivity index is 2.41. The molecule has 1 nitrogen and oxygen atoms in total. The molecule has 0 bridgehead atoms. The number of hydrogen-bond donors (Lipinski definition) is 1. The van der Waals surface area contributed by atoms with Crippen LogP contribution in [0.15, 0.2) is 0 Å². The summed E-state index contributed by atoms with van der Waals surface area (Å²) in [4.78, 5) is 0. The Labute approximate surface area is 78.1 Å². The molecule has 0 saturated heterocycles. The van der Waals surface area contributed by atoms with Crippen molar-refractivity contribution in [3.63, 3.8) is 0 Å². The highest BCUT2D eigenvalue weighted by molar-refractivity contribution is 5.00. The summed E-state index contributed by atoms with van der Waals surface area (Å²) in [6.45, 7) is 3.96. The van der Waals surface area contributed by atoms with Crippen molar-refractivity contribution in [3.8, 4) is 0 Å². The lowest BCUT2D eigenvalue weighted by Crippen LogP contribution is -2.24. The van der Waals surface area contributed by atoms with E-state index < -0.39 is 17.9 Å². The Hall–Kier alpha value is -0.180. The summed E-state index contributed by atoms with van der Waals surface area (Å²) in [7, 11) is 0. The molecule has 3 heteroatoms. The van der Waals surface area contributed by atoms with E-state index in [1.165, 1.54) is 0 Å². The van der Waals surface area contributed by atoms with Gasteiger partial charge in [-0.15, -0.1) is 0 Å². The molecule has 0 radical (unpaired) electrons. The van der Waals surface area contributed by atoms with Crippen molar-refractivity contribution in [1.29, 1.82) is 0 Å². The van der Waals surface area contributed by atoms with Crippen molar-refractivity contribution >= 4 is 0 Å². The molecule has 78 valence electrons. The van der Waals surface area contributed by atoms with Crippen molar-refractivity contribution in [2.24, 2.45) is 11.8 Å². The van der Waals surface area contributed by atoms with E-state index in [-0.39, 0.29) is 12.3 Å². The van der Waals surface area contributed by atoms with Gasteiger partial charge in [0.2, 0.25) is 0 Å². The molecule has 3 atom stereocenters. The van der Waals surface area contributed by atoms with Crippen LogP contribution in [0.5, 0.6) is 0 Å². The number of halogens is 2. The van der Waals surface area contributed by atoms with Crippen molar-refractivity contribution in [3.05, 3.63) is 0 Å². The lowest BCUT2D eigenvalue weighted by Gasteiger charge is -2.20. The van der Waals surface area contributed by atoms with E-state index in [0.29, 0.717) is 0 Å². The molecular formula is C10H18F2O. The smallest absolute Gasteiger partial charge is 0.254 e. The largest absolute Gasteiger partial charge is 0.392 e. The lowest BCUT2D eigenvalue weighted by molar-refractivity contribution is 0.0169. The summed E-state index contributed by atoms with van der Waals surface area (Å²) >= 11 is 0. The SMILES string of the molecule is CCCC(CC)C(O)C1CC1(F)F. The molecule has 1 saturated carbocycles. The molecule has 1 rings (SSSR count). The molecule has 1 fully saturated rings. The molecule has 0 aliphatic heterocycles. The normalized spacial score (nSPS) is 29.8. The zero-order valence-electron chi connectivity index (χ0n) is 8.26. The Morgan fingerprint density at radius 1 is 1.46 bits per heavy atom. The van der Waals surface area contributed by atoms with Crippen molar-refractivity contribution in [1.82, 2.24) is 0 Å². The maximum absolute atomic E-state index is 12.6. The Bertz CT molecular complexity index is 170. The van der Waals surface area contributed by atoms with Gasteiger partial charge in [0.15, 0.2) is 0 Å². The average molecular weight is 192 g/mol. The van der Waals surface area contributed by atoms with Crippen LogP contribution in [-0.2, 0) is 0 Å². The number of hydrogen-bond acceptors (Lipinski definition) is 1. The molecule has 1 aliphatic carbocycles. The molecule has 0 aromatic rings. The molecule has 13 heavy (non-hydrogen) atoms. The molecule has 0 heterocycles. The van der Waals surface area contributed by atoms with Crippen LogP contribution in [0.25, 0.3) is 0 Å². The molecule has 0 spiro atoms. The fraction of sp³-hybridized carbons (Fsp3) is 1.00. The standard InChI is InChI=1S/C10H18F2O/c1-3-5-7(4-2)9(13)8-6-10(8,11)12/h7-9,13H,3-6H2,1-2H3. The van der Waals surface area contributed by atoms with Gasteiger partial charge < -0.3 is 5.11 Å². The van der Waals surface area contributed by atoms with Gasteiger partial charge in [-0.1, -0.05) is 26.7 Å². The van der Waals surface area contributed by atoms with Gasteiger partial charge in [-0.25, -0.2) is 8.78 Å². The van der Waals surface area contributed by atoms with Gasteiger partial charge >= 0.3 is 0 Å². The third-order valence-corrected chi connectivity index (χ3v) is 2.95. The predicted molar refractivity (Wildman–Crippen MR) is 47.7 cm³/mol. The highest BCUT2D eigenvalue weighted by atomic mass is 19.3. The quantitative estimate of drug-likeness (QED) is 0.710. The first-order chi connectivity index (χ1) is 6.03. The zero-order valence-corrected chi connectivity index (χ0v) is 8.26. The van der Waals surface area contributed by atoms with Gasteiger partial charge in [-0.3, -0.25) is 0 Å². The molecule has 0 amide bonds. The van der Waals surface area contributed by atoms with Gasteiger partial charge in [0.05, 0.1) is 12.0 Å². The first kappa shape index (κ1) is 10.9. The van der Waals surface area contributed by atoms with Gasteiger partial charge in [-0.2, -0.15) is 0 Å². The van der Waals surface area contributed by atoms with Gasteiger partial charge in [0.25, 0.3) is 5.92 Å². The Kier molecular flexibility index (Phi) is 3.28. The summed E-state index contributed by atoms with van der Waals surface area (Å²) in [6, 6.07) is 0. The predicted octanol–water partition coefficient (Wildman–Crippen LogP) is 2.83. The fourth-order valence-corrected chi connectivity index (χ4v) is 1.92. The second-order valence-corrected chi connectivity index (χ2v) is 4.02. The maximum Gasteiger partial charge on any atom is 0.254 e. The second-order valence-electron chi connectivity index (χ2n) is 4.02. The van der Waals surface area contributed by atoms with E-state index in [1.807, 2.05) is 13.8 Å². The third kappa shape index (κ3) is 2.39. The van der Waals surface area contributed by atoms with Crippen LogP contribution in [0, 0.1) is 11.8 Å². The molecule has 3 unspecified atom stereocenters. The van der Waals surface area contributed by atoms with Crippen molar-refractivity contribution in [2.75, 3.05) is 0 Å². The molecule has 1 aliphatic rings. The summed E-state index contributed by atoms with van der Waals surface area (Å²) < 4.78 is 25.2. The van der Waals surface area contributed by atoms with Crippen LogP contribution in [-0.4, -0.2) is 17.1 Å². The van der Waals surface area contributed by atoms with Gasteiger partial charge in [0.1, 0.15) is 0 Å². The van der Waals surface area contributed by atoms with Crippen LogP contribution in [0.1, 0.15) is 39.5 Å². The molecule has 0 aromatic carbocycles. The van der Waals surface area contributed by atoms with Gasteiger partial charge in [-0.05, 0) is 12.3 Å². The number of aliphatic hydroxyl groups excluding tert-OH is 1.